The van der Waals surface area contributed by atoms with Gasteiger partial charge in [-0.3, -0.25) is 9.59 Å². The molecule has 1 unspecified atom stereocenters. The van der Waals surface area contributed by atoms with E-state index in [1.54, 1.807) is 0 Å². The van der Waals surface area contributed by atoms with Crippen molar-refractivity contribution in [3.8, 4) is 0 Å². The minimum Gasteiger partial charge on any atom is -0.394 e. The summed E-state index contributed by atoms with van der Waals surface area (Å²) < 4.78 is 38.8. The molecule has 4 rings (SSSR count). The van der Waals surface area contributed by atoms with Crippen LogP contribution in [0.5, 0.6) is 0 Å². The molecule has 4 aliphatic heterocycles. The van der Waals surface area contributed by atoms with Crippen LogP contribution in [0.15, 0.2) is 0 Å². The molecular formula is C28H48N2O21. The summed E-state index contributed by atoms with van der Waals surface area (Å²) in [6.45, 7) is -1.22. The topological polar surface area (TPSA) is 366 Å². The number of hydrogen-bond donors (Lipinski definition) is 14. The number of carbonyl (C=O) groups excluding carboxylic acids is 2. The quantitative estimate of drug-likeness (QED) is 0.0881. The molecule has 4 fully saturated rings. The van der Waals surface area contributed by atoms with Gasteiger partial charge in [0.25, 0.3) is 0 Å². The minimum absolute atomic E-state index is 0.677. The monoisotopic (exact) mass is 748 g/mol. The molecule has 51 heavy (non-hydrogen) atoms. The summed E-state index contributed by atoms with van der Waals surface area (Å²) in [4.78, 5) is 23.5. The second-order valence-corrected chi connectivity index (χ2v) is 12.6. The van der Waals surface area contributed by atoms with Crippen molar-refractivity contribution in [2.24, 2.45) is 0 Å². The standard InChI is InChI=1S/C28H48N2O21/c1-7(35)29-13-17(39)15(37)9(3-31)46-26(13)49-22-11(5-33)47-27(20(42)18(22)40)50-23-12(6-34)48-28(21(43)19(23)41)51-24-14(30-8(2)36)25(44)45-10(4-32)16(24)38/h9-28,31-34,37-44H,3-6H2,1-2H3,(H,29,35)(H,30,36)/t9-,10-,11-,12-,13-,14-,15-,16-,17-,18-,19-,20+,21+,22-,23-,24-,25?,26+,27+,28-/m1/s1. The molecule has 4 heterocycles. The normalized spacial score (nSPS) is 47.8. The highest BCUT2D eigenvalue weighted by Crippen LogP contribution is 2.34. The van der Waals surface area contributed by atoms with Gasteiger partial charge >= 0.3 is 0 Å². The molecule has 0 spiro atoms. The van der Waals surface area contributed by atoms with Crippen molar-refractivity contribution in [2.75, 3.05) is 26.4 Å². The van der Waals surface area contributed by atoms with Crippen LogP contribution in [0.3, 0.4) is 0 Å². The molecule has 0 radical (unpaired) electrons. The van der Waals surface area contributed by atoms with Gasteiger partial charge in [-0.25, -0.2) is 0 Å². The van der Waals surface area contributed by atoms with Gasteiger partial charge < -0.3 is 105 Å². The van der Waals surface area contributed by atoms with Crippen molar-refractivity contribution in [3.05, 3.63) is 0 Å². The Balaban J connectivity index is 1.48. The molecule has 14 N–H and O–H groups in total. The van der Waals surface area contributed by atoms with Gasteiger partial charge in [-0.05, 0) is 0 Å². The van der Waals surface area contributed by atoms with Crippen molar-refractivity contribution in [2.45, 2.75) is 137 Å². The Kier molecular flexibility index (Phi) is 14.8. The van der Waals surface area contributed by atoms with Gasteiger partial charge in [-0.15, -0.1) is 0 Å². The maximum absolute atomic E-state index is 11.8. The Morgan fingerprint density at radius 3 is 1.31 bits per heavy atom. The van der Waals surface area contributed by atoms with E-state index in [2.05, 4.69) is 10.6 Å². The number of rotatable bonds is 12. The molecule has 0 aromatic rings. The zero-order valence-electron chi connectivity index (χ0n) is 27.4. The van der Waals surface area contributed by atoms with E-state index in [-0.39, 0.29) is 0 Å². The Morgan fingerprint density at radius 1 is 0.471 bits per heavy atom. The number of aliphatic hydroxyl groups excluding tert-OH is 12. The van der Waals surface area contributed by atoms with E-state index in [4.69, 9.17) is 33.2 Å². The highest BCUT2D eigenvalue weighted by molar-refractivity contribution is 5.73. The fraction of sp³-hybridized carbons (Fsp3) is 0.929. The Bertz CT molecular complexity index is 1140. The maximum atomic E-state index is 11.8. The summed E-state index contributed by atoms with van der Waals surface area (Å²) in [6.07, 6.45) is -31.4. The predicted molar refractivity (Wildman–Crippen MR) is 157 cm³/mol. The first-order valence-corrected chi connectivity index (χ1v) is 16.1. The summed E-state index contributed by atoms with van der Waals surface area (Å²) in [5, 5.41) is 130. The van der Waals surface area contributed by atoms with Crippen LogP contribution in [0.1, 0.15) is 13.8 Å². The average molecular weight is 749 g/mol. The molecular weight excluding hydrogens is 700 g/mol. The second kappa shape index (κ2) is 18.0. The van der Waals surface area contributed by atoms with Crippen LogP contribution in [0.4, 0.5) is 0 Å². The lowest BCUT2D eigenvalue weighted by Gasteiger charge is -2.49. The molecule has 23 heteroatoms. The van der Waals surface area contributed by atoms with Crippen LogP contribution in [-0.4, -0.2) is 222 Å². The van der Waals surface area contributed by atoms with E-state index in [9.17, 15) is 70.9 Å². The lowest BCUT2D eigenvalue weighted by molar-refractivity contribution is -0.381. The Labute approximate surface area is 289 Å². The zero-order chi connectivity index (χ0) is 37.9. The van der Waals surface area contributed by atoms with E-state index < -0.39 is 161 Å². The van der Waals surface area contributed by atoms with Gasteiger partial charge in [-0.1, -0.05) is 0 Å². The van der Waals surface area contributed by atoms with Crippen LogP contribution in [0, 0.1) is 0 Å². The molecule has 0 bridgehead atoms. The number of amides is 2. The van der Waals surface area contributed by atoms with E-state index in [0.717, 1.165) is 13.8 Å². The summed E-state index contributed by atoms with van der Waals surface area (Å²) in [6, 6.07) is -2.91. The Hall–Kier alpha value is -1.82. The summed E-state index contributed by atoms with van der Waals surface area (Å²) in [5.41, 5.74) is 0. The summed E-state index contributed by atoms with van der Waals surface area (Å²) >= 11 is 0. The Morgan fingerprint density at radius 2 is 0.863 bits per heavy atom. The molecule has 0 aromatic carbocycles. The van der Waals surface area contributed by atoms with E-state index in [0.29, 0.717) is 0 Å². The molecule has 296 valence electrons. The lowest BCUT2D eigenvalue weighted by atomic mass is 9.94. The average Bonchev–Trinajstić information content (AvgIpc) is 3.09. The number of carbonyl (C=O) groups is 2. The molecule has 0 aliphatic carbocycles. The van der Waals surface area contributed by atoms with Crippen LogP contribution >= 0.6 is 0 Å². The molecule has 23 nitrogen and oxygen atoms in total. The minimum atomic E-state index is -2.05. The van der Waals surface area contributed by atoms with Crippen molar-refractivity contribution in [3.63, 3.8) is 0 Å². The zero-order valence-corrected chi connectivity index (χ0v) is 27.4. The number of ether oxygens (including phenoxy) is 7. The predicted octanol–water partition coefficient (Wildman–Crippen LogP) is -9.46. The fourth-order valence-electron chi connectivity index (χ4n) is 6.35. The van der Waals surface area contributed by atoms with Crippen molar-refractivity contribution >= 4 is 11.8 Å². The highest BCUT2D eigenvalue weighted by atomic mass is 16.8. The number of hydrogen-bond acceptors (Lipinski definition) is 21. The van der Waals surface area contributed by atoms with E-state index in [1.165, 1.54) is 0 Å². The van der Waals surface area contributed by atoms with E-state index >= 15 is 0 Å². The molecule has 4 aliphatic rings. The highest BCUT2D eigenvalue weighted by Gasteiger charge is 2.55. The van der Waals surface area contributed by atoms with Gasteiger partial charge in [0.05, 0.1) is 26.4 Å². The molecule has 0 aromatic heterocycles. The smallest absolute Gasteiger partial charge is 0.217 e. The molecule has 0 saturated carbocycles. The van der Waals surface area contributed by atoms with Gasteiger partial charge in [0.15, 0.2) is 25.2 Å². The second-order valence-electron chi connectivity index (χ2n) is 12.6. The van der Waals surface area contributed by atoms with Crippen LogP contribution in [-0.2, 0) is 42.7 Å². The lowest BCUT2D eigenvalue weighted by Crippen LogP contribution is -2.69. The van der Waals surface area contributed by atoms with Crippen molar-refractivity contribution in [1.29, 1.82) is 0 Å². The summed E-state index contributed by atoms with van der Waals surface area (Å²) in [7, 11) is 0. The maximum Gasteiger partial charge on any atom is 0.217 e. The van der Waals surface area contributed by atoms with Gasteiger partial charge in [0.1, 0.15) is 97.5 Å². The van der Waals surface area contributed by atoms with Gasteiger partial charge in [-0.2, -0.15) is 0 Å². The van der Waals surface area contributed by atoms with Crippen LogP contribution < -0.4 is 10.6 Å². The first-order chi connectivity index (χ1) is 24.1. The van der Waals surface area contributed by atoms with Crippen molar-refractivity contribution < 1.29 is 104 Å². The van der Waals surface area contributed by atoms with Crippen LogP contribution in [0.25, 0.3) is 0 Å². The first-order valence-electron chi connectivity index (χ1n) is 16.1. The largest absolute Gasteiger partial charge is 0.394 e. The third-order valence-corrected chi connectivity index (χ3v) is 9.01. The summed E-state index contributed by atoms with van der Waals surface area (Å²) in [5.74, 6) is -1.35. The van der Waals surface area contributed by atoms with Crippen LogP contribution in [0.2, 0.25) is 0 Å². The number of nitrogens with one attached hydrogen (secondary N) is 2. The SMILES string of the molecule is CC(=O)N[C@H]1[C@H](O[C@H]2[C@H](O)[C@H](O)[C@H](O[C@H]3[C@H](O)[C@H](O)[C@@H](O[C@H]4[C@H](O)[C@@H](CO)OC(O)[C@@H]4NC(C)=O)O[C@@H]3CO)O[C@@H]2CO)O[C@H](CO)[C@@H](O)[C@@H]1O. The number of aliphatic hydroxyl groups is 12. The van der Waals surface area contributed by atoms with Gasteiger partial charge in [0, 0.05) is 13.8 Å². The molecule has 20 atom stereocenters. The van der Waals surface area contributed by atoms with Gasteiger partial charge in [0.2, 0.25) is 11.8 Å². The first kappa shape index (κ1) is 41.9. The van der Waals surface area contributed by atoms with E-state index in [1.807, 2.05) is 0 Å². The third-order valence-electron chi connectivity index (χ3n) is 9.01. The third kappa shape index (κ3) is 9.11. The fourth-order valence-corrected chi connectivity index (χ4v) is 6.35. The molecule has 2 amide bonds. The molecule has 4 saturated heterocycles. The van der Waals surface area contributed by atoms with Crippen molar-refractivity contribution in [1.82, 2.24) is 10.6 Å².